The van der Waals surface area contributed by atoms with E-state index in [0.29, 0.717) is 44.9 Å². The summed E-state index contributed by atoms with van der Waals surface area (Å²) in [6, 6.07) is 0. The molecule has 3 rings (SSSR count). The molecule has 0 radical (unpaired) electrons. The Kier molecular flexibility index (Phi) is 20.7. The van der Waals surface area contributed by atoms with Crippen molar-refractivity contribution in [3.63, 3.8) is 0 Å². The maximum atomic E-state index is 13.4. The Bertz CT molecular complexity index is 1280. The monoisotopic (exact) mass is 796 g/mol. The molecule has 56 heavy (non-hydrogen) atoms. The number of methoxy groups -OCH3 is 1. The summed E-state index contributed by atoms with van der Waals surface area (Å²) in [7, 11) is 1.21. The molecule has 0 aliphatic carbocycles. The first-order chi connectivity index (χ1) is 26.8. The van der Waals surface area contributed by atoms with Crippen LogP contribution >= 0.6 is 0 Å². The quantitative estimate of drug-likeness (QED) is 0.0575. The van der Waals surface area contributed by atoms with Crippen LogP contribution in [-0.2, 0) is 47.5 Å². The lowest BCUT2D eigenvalue weighted by molar-refractivity contribution is -0.327. The summed E-state index contributed by atoms with van der Waals surface area (Å²) in [5, 5.41) is 43.2. The van der Waals surface area contributed by atoms with E-state index in [4.69, 9.17) is 33.2 Å². The molecule has 14 heteroatoms. The fourth-order valence-electron chi connectivity index (χ4n) is 7.40. The minimum absolute atomic E-state index is 0.0289. The van der Waals surface area contributed by atoms with E-state index in [-0.39, 0.29) is 69.2 Å². The first-order valence-corrected chi connectivity index (χ1v) is 20.5. The maximum absolute atomic E-state index is 13.4. The van der Waals surface area contributed by atoms with Gasteiger partial charge >= 0.3 is 17.9 Å². The molecule has 0 aromatic heterocycles. The molecule has 320 valence electrons. The third-order valence-corrected chi connectivity index (χ3v) is 10.6. The number of rotatable bonds is 15. The number of esters is 3. The molecular weight excluding hydrogens is 728 g/mol. The highest BCUT2D eigenvalue weighted by atomic mass is 16.7. The standard InChI is InChI=1S/C42H68O14/c1-6-8-9-10-11-16-36(46)55-40-29(23-37(47)50-5)22-34-27-35(28-44)52-38(48)24-30(45)18-21-51-31(15-12-13-20-43)25-33-26-32(14-7-2)53-39(54-33)17-19-41(3,4)42(40,49)56-34/h7,17,19,23,30-35,39-40,43-45,49H,2,6,8-16,18,20-22,24-28H2,1,3-5H3/t30-,31-,32+,33?,34+,35-,39+,40+,42-/m1/s1. The third-order valence-electron chi connectivity index (χ3n) is 10.6. The Morgan fingerprint density at radius 2 is 1.71 bits per heavy atom. The molecule has 2 saturated heterocycles. The molecule has 9 atom stereocenters. The minimum atomic E-state index is -2.30. The molecule has 0 spiro atoms. The number of carbonyl (C=O) groups excluding carboxylic acids is 3. The van der Waals surface area contributed by atoms with E-state index in [0.717, 1.165) is 25.7 Å². The molecule has 0 saturated carbocycles. The maximum Gasteiger partial charge on any atom is 0.330 e. The van der Waals surface area contributed by atoms with Gasteiger partial charge in [-0.3, -0.25) is 9.59 Å². The highest BCUT2D eigenvalue weighted by Crippen LogP contribution is 2.47. The van der Waals surface area contributed by atoms with Crippen LogP contribution in [0.5, 0.6) is 0 Å². The van der Waals surface area contributed by atoms with Crippen molar-refractivity contribution in [2.24, 2.45) is 5.41 Å². The van der Waals surface area contributed by atoms with Crippen LogP contribution in [0.1, 0.15) is 124 Å². The Morgan fingerprint density at radius 1 is 0.982 bits per heavy atom. The van der Waals surface area contributed by atoms with Crippen LogP contribution in [0.3, 0.4) is 0 Å². The summed E-state index contributed by atoms with van der Waals surface area (Å²) in [5.41, 5.74) is -1.13. The summed E-state index contributed by atoms with van der Waals surface area (Å²) in [6.07, 6.45) is 7.93. The average Bonchev–Trinajstić information content (AvgIpc) is 3.14. The molecule has 2 fully saturated rings. The molecule has 0 aromatic rings. The van der Waals surface area contributed by atoms with Crippen molar-refractivity contribution >= 4 is 17.9 Å². The summed E-state index contributed by atoms with van der Waals surface area (Å²) in [5.74, 6) is -4.36. The number of aliphatic hydroxyl groups is 4. The van der Waals surface area contributed by atoms with Crippen LogP contribution in [0, 0.1) is 5.41 Å². The van der Waals surface area contributed by atoms with Gasteiger partial charge in [0.2, 0.25) is 5.79 Å². The Hall–Kier alpha value is -2.69. The van der Waals surface area contributed by atoms with E-state index in [9.17, 15) is 34.8 Å². The lowest BCUT2D eigenvalue weighted by atomic mass is 9.74. The van der Waals surface area contributed by atoms with Crippen LogP contribution in [0.25, 0.3) is 0 Å². The molecule has 0 aromatic carbocycles. The zero-order chi connectivity index (χ0) is 41.1. The predicted molar refractivity (Wildman–Crippen MR) is 206 cm³/mol. The van der Waals surface area contributed by atoms with E-state index >= 15 is 0 Å². The Balaban J connectivity index is 2.07. The first kappa shape index (κ1) is 47.7. The second kappa shape index (κ2) is 24.3. The molecule has 1 unspecified atom stereocenters. The van der Waals surface area contributed by atoms with Gasteiger partial charge in [-0.05, 0) is 63.0 Å². The van der Waals surface area contributed by atoms with Crippen LogP contribution in [0.15, 0.2) is 36.5 Å². The third kappa shape index (κ3) is 15.2. The number of hydrogen-bond donors (Lipinski definition) is 4. The van der Waals surface area contributed by atoms with E-state index < -0.39 is 66.4 Å². The van der Waals surface area contributed by atoms with Gasteiger partial charge < -0.3 is 53.6 Å². The average molecular weight is 797 g/mol. The highest BCUT2D eigenvalue weighted by molar-refractivity contribution is 5.83. The normalized spacial score (nSPS) is 32.6. The van der Waals surface area contributed by atoms with E-state index in [1.807, 2.05) is 0 Å². The molecule has 3 aliphatic rings. The Labute approximate surface area is 332 Å². The van der Waals surface area contributed by atoms with Gasteiger partial charge in [-0.25, -0.2) is 4.79 Å². The molecule has 4 N–H and O–H groups in total. The number of unbranched alkanes of at least 4 members (excludes halogenated alkanes) is 5. The topological polar surface area (TPSA) is 197 Å². The van der Waals surface area contributed by atoms with Crippen molar-refractivity contribution in [2.45, 2.75) is 178 Å². The van der Waals surface area contributed by atoms with Crippen molar-refractivity contribution in [1.29, 1.82) is 0 Å². The van der Waals surface area contributed by atoms with Gasteiger partial charge in [-0.2, -0.15) is 0 Å². The second-order valence-electron chi connectivity index (χ2n) is 15.8. The zero-order valence-electron chi connectivity index (χ0n) is 33.9. The fourth-order valence-corrected chi connectivity index (χ4v) is 7.40. The molecule has 14 nitrogen and oxygen atoms in total. The van der Waals surface area contributed by atoms with Gasteiger partial charge in [0.1, 0.15) is 6.10 Å². The summed E-state index contributed by atoms with van der Waals surface area (Å²) in [4.78, 5) is 39.1. The summed E-state index contributed by atoms with van der Waals surface area (Å²) >= 11 is 0. The number of aliphatic hydroxyl groups excluding tert-OH is 3. The predicted octanol–water partition coefficient (Wildman–Crippen LogP) is 4.88. The van der Waals surface area contributed by atoms with E-state index in [2.05, 4.69) is 13.5 Å². The van der Waals surface area contributed by atoms with Crippen molar-refractivity contribution < 1.29 is 68.0 Å². The van der Waals surface area contributed by atoms with Gasteiger partial charge in [-0.15, -0.1) is 6.58 Å². The molecule has 3 aliphatic heterocycles. The molecule has 0 amide bonds. The van der Waals surface area contributed by atoms with Gasteiger partial charge in [0.05, 0.1) is 50.7 Å². The van der Waals surface area contributed by atoms with Crippen molar-refractivity contribution in [3.8, 4) is 0 Å². The highest BCUT2D eigenvalue weighted by Gasteiger charge is 2.57. The van der Waals surface area contributed by atoms with Gasteiger partial charge in [-0.1, -0.05) is 58.6 Å². The van der Waals surface area contributed by atoms with E-state index in [1.54, 1.807) is 32.1 Å². The van der Waals surface area contributed by atoms with Crippen LogP contribution < -0.4 is 0 Å². The molecule has 4 bridgehead atoms. The summed E-state index contributed by atoms with van der Waals surface area (Å²) in [6.45, 7) is 9.01. The van der Waals surface area contributed by atoms with Gasteiger partial charge in [0.15, 0.2) is 12.4 Å². The largest absolute Gasteiger partial charge is 0.466 e. The first-order valence-electron chi connectivity index (χ1n) is 20.5. The molecular formula is C42H68O14. The van der Waals surface area contributed by atoms with Crippen LogP contribution in [0.4, 0.5) is 0 Å². The van der Waals surface area contributed by atoms with Crippen LogP contribution in [0.2, 0.25) is 0 Å². The van der Waals surface area contributed by atoms with Crippen LogP contribution in [-0.4, -0.2) is 120 Å². The number of ether oxygens (including phenoxy) is 7. The lowest BCUT2D eigenvalue weighted by Gasteiger charge is -2.51. The summed E-state index contributed by atoms with van der Waals surface area (Å²) < 4.78 is 41.9. The lowest BCUT2D eigenvalue weighted by Crippen LogP contribution is -2.62. The minimum Gasteiger partial charge on any atom is -0.466 e. The number of fused-ring (bicyclic) bond motifs is 4. The fraction of sp³-hybridized carbons (Fsp3) is 0.786. The number of hydrogen-bond acceptors (Lipinski definition) is 14. The zero-order valence-corrected chi connectivity index (χ0v) is 33.9. The number of carbonyl (C=O) groups is 3. The number of cyclic esters (lactones) is 1. The van der Waals surface area contributed by atoms with E-state index in [1.165, 1.54) is 13.2 Å². The molecule has 3 heterocycles. The van der Waals surface area contributed by atoms with Crippen molar-refractivity contribution in [2.75, 3.05) is 26.9 Å². The van der Waals surface area contributed by atoms with Crippen molar-refractivity contribution in [1.82, 2.24) is 0 Å². The van der Waals surface area contributed by atoms with Gasteiger partial charge in [0.25, 0.3) is 0 Å². The van der Waals surface area contributed by atoms with Crippen molar-refractivity contribution in [3.05, 3.63) is 36.5 Å². The smallest absolute Gasteiger partial charge is 0.330 e. The second-order valence-corrected chi connectivity index (χ2v) is 15.8. The Morgan fingerprint density at radius 3 is 2.41 bits per heavy atom. The SMILES string of the molecule is C=CC[C@H]1CC2C[C@@H](CCCCO)OCC[C@@H](O)CC(=O)O[C@@H](CO)C[C@@H]3CC(=CC(=O)OC)[C@H](OC(=O)CCCCCCC)[C@@](O)(O3)C(C)(C)C=C[C@H](O2)O1. The van der Waals surface area contributed by atoms with Gasteiger partial charge in [0, 0.05) is 44.0 Å².